The van der Waals surface area contributed by atoms with Crippen molar-refractivity contribution in [3.63, 3.8) is 0 Å². The molecule has 6 heteroatoms. The zero-order valence-corrected chi connectivity index (χ0v) is 13.6. The number of benzene rings is 2. The molecule has 0 fully saturated rings. The van der Waals surface area contributed by atoms with E-state index in [1.807, 2.05) is 18.2 Å². The molecule has 126 valence electrons. The Morgan fingerprint density at radius 2 is 1.83 bits per heavy atom. The van der Waals surface area contributed by atoms with Gasteiger partial charge in [-0.2, -0.15) is 0 Å². The van der Waals surface area contributed by atoms with Crippen molar-refractivity contribution in [3.8, 4) is 23.0 Å². The highest BCUT2D eigenvalue weighted by molar-refractivity contribution is 5.98. The number of carbonyl (C=O) groups is 1. The highest BCUT2D eigenvalue weighted by Gasteiger charge is 2.14. The molecule has 1 aliphatic heterocycles. The van der Waals surface area contributed by atoms with Gasteiger partial charge >= 0.3 is 0 Å². The fourth-order valence-electron chi connectivity index (χ4n) is 2.48. The molecule has 0 unspecified atom stereocenters. The SMILES string of the molecule is COc1ccc(C(=O)CNCc2ccc3c(c2)OCO3)cc1OC. The smallest absolute Gasteiger partial charge is 0.231 e. The van der Waals surface area contributed by atoms with Crippen LogP contribution < -0.4 is 24.3 Å². The molecule has 0 spiro atoms. The summed E-state index contributed by atoms with van der Waals surface area (Å²) in [5, 5.41) is 3.14. The van der Waals surface area contributed by atoms with Crippen molar-refractivity contribution in [3.05, 3.63) is 47.5 Å². The van der Waals surface area contributed by atoms with Crippen molar-refractivity contribution in [2.45, 2.75) is 6.54 Å². The number of methoxy groups -OCH3 is 2. The van der Waals surface area contributed by atoms with Crippen LogP contribution in [-0.4, -0.2) is 33.3 Å². The zero-order chi connectivity index (χ0) is 16.9. The molecule has 0 aliphatic carbocycles. The van der Waals surface area contributed by atoms with Crippen LogP contribution in [-0.2, 0) is 6.54 Å². The average molecular weight is 329 g/mol. The fraction of sp³-hybridized carbons (Fsp3) is 0.278. The van der Waals surface area contributed by atoms with Gasteiger partial charge < -0.3 is 24.3 Å². The van der Waals surface area contributed by atoms with E-state index >= 15 is 0 Å². The predicted octanol–water partition coefficient (Wildman–Crippen LogP) is 2.41. The second-order valence-corrected chi connectivity index (χ2v) is 5.28. The first-order valence-electron chi connectivity index (χ1n) is 7.55. The van der Waals surface area contributed by atoms with E-state index in [-0.39, 0.29) is 19.1 Å². The number of hydrogen-bond acceptors (Lipinski definition) is 6. The third-order valence-electron chi connectivity index (χ3n) is 3.76. The molecule has 3 rings (SSSR count). The Bertz CT molecular complexity index is 744. The second kappa shape index (κ2) is 7.23. The quantitative estimate of drug-likeness (QED) is 0.787. The first kappa shape index (κ1) is 16.1. The van der Waals surface area contributed by atoms with Gasteiger partial charge in [0.2, 0.25) is 6.79 Å². The first-order valence-corrected chi connectivity index (χ1v) is 7.55. The highest BCUT2D eigenvalue weighted by Crippen LogP contribution is 2.32. The van der Waals surface area contributed by atoms with Crippen LogP contribution in [0.5, 0.6) is 23.0 Å². The lowest BCUT2D eigenvalue weighted by Gasteiger charge is -2.09. The van der Waals surface area contributed by atoms with Gasteiger partial charge in [0, 0.05) is 12.1 Å². The van der Waals surface area contributed by atoms with Gasteiger partial charge in [0.25, 0.3) is 0 Å². The number of fused-ring (bicyclic) bond motifs is 1. The standard InChI is InChI=1S/C18H19NO5/c1-21-15-6-4-13(8-17(15)22-2)14(20)10-19-9-12-3-5-16-18(7-12)24-11-23-16/h3-8,19H,9-11H2,1-2H3. The van der Waals surface area contributed by atoms with E-state index in [9.17, 15) is 4.79 Å². The number of Topliss-reactive ketones (excluding diaryl/α,β-unsaturated/α-hetero) is 1. The van der Waals surface area contributed by atoms with Gasteiger partial charge in [0.05, 0.1) is 20.8 Å². The monoisotopic (exact) mass is 329 g/mol. The van der Waals surface area contributed by atoms with Crippen molar-refractivity contribution in [2.24, 2.45) is 0 Å². The lowest BCUT2D eigenvalue weighted by atomic mass is 10.1. The van der Waals surface area contributed by atoms with Crippen molar-refractivity contribution in [2.75, 3.05) is 27.6 Å². The Morgan fingerprint density at radius 1 is 1.04 bits per heavy atom. The molecule has 1 aliphatic rings. The number of rotatable bonds is 7. The summed E-state index contributed by atoms with van der Waals surface area (Å²) in [6.45, 7) is 1.05. The Labute approximate surface area is 140 Å². The van der Waals surface area contributed by atoms with Crippen LogP contribution in [0.2, 0.25) is 0 Å². The van der Waals surface area contributed by atoms with Gasteiger partial charge in [-0.05, 0) is 35.9 Å². The molecule has 1 N–H and O–H groups in total. The summed E-state index contributed by atoms with van der Waals surface area (Å²) in [7, 11) is 3.11. The summed E-state index contributed by atoms with van der Waals surface area (Å²) < 4.78 is 21.0. The maximum absolute atomic E-state index is 12.3. The number of carbonyl (C=O) groups excluding carboxylic acids is 1. The normalized spacial score (nSPS) is 12.1. The Morgan fingerprint density at radius 3 is 2.62 bits per heavy atom. The molecule has 0 aromatic heterocycles. The molecular formula is C18H19NO5. The number of hydrogen-bond donors (Lipinski definition) is 1. The molecule has 24 heavy (non-hydrogen) atoms. The molecule has 0 radical (unpaired) electrons. The van der Waals surface area contributed by atoms with E-state index in [1.165, 1.54) is 0 Å². The highest BCUT2D eigenvalue weighted by atomic mass is 16.7. The van der Waals surface area contributed by atoms with Crippen LogP contribution in [0.1, 0.15) is 15.9 Å². The van der Waals surface area contributed by atoms with Crippen LogP contribution in [0, 0.1) is 0 Å². The minimum Gasteiger partial charge on any atom is -0.493 e. The average Bonchev–Trinajstić information content (AvgIpc) is 3.08. The van der Waals surface area contributed by atoms with Gasteiger partial charge in [-0.25, -0.2) is 0 Å². The minimum absolute atomic E-state index is 0.0169. The van der Waals surface area contributed by atoms with E-state index in [0.29, 0.717) is 23.6 Å². The molecule has 0 atom stereocenters. The lowest BCUT2D eigenvalue weighted by molar-refractivity contribution is 0.0990. The van der Waals surface area contributed by atoms with E-state index in [4.69, 9.17) is 18.9 Å². The summed E-state index contributed by atoms with van der Waals surface area (Å²) in [4.78, 5) is 12.3. The van der Waals surface area contributed by atoms with Crippen LogP contribution in [0.4, 0.5) is 0 Å². The number of nitrogens with one attached hydrogen (secondary N) is 1. The van der Waals surface area contributed by atoms with E-state index in [2.05, 4.69) is 5.32 Å². The summed E-state index contributed by atoms with van der Waals surface area (Å²) in [5.41, 5.74) is 1.60. The van der Waals surface area contributed by atoms with Crippen LogP contribution in [0.25, 0.3) is 0 Å². The summed E-state index contributed by atoms with van der Waals surface area (Å²) in [5.74, 6) is 2.61. The molecule has 0 amide bonds. The maximum atomic E-state index is 12.3. The third-order valence-corrected chi connectivity index (χ3v) is 3.76. The van der Waals surface area contributed by atoms with Crippen LogP contribution in [0.15, 0.2) is 36.4 Å². The fourth-order valence-corrected chi connectivity index (χ4v) is 2.48. The largest absolute Gasteiger partial charge is 0.493 e. The van der Waals surface area contributed by atoms with Gasteiger partial charge in [-0.1, -0.05) is 6.07 Å². The van der Waals surface area contributed by atoms with Crippen molar-refractivity contribution in [1.29, 1.82) is 0 Å². The topological polar surface area (TPSA) is 66.0 Å². The molecule has 0 saturated heterocycles. The lowest BCUT2D eigenvalue weighted by Crippen LogP contribution is -2.22. The minimum atomic E-state index is -0.0169. The number of ether oxygens (including phenoxy) is 4. The Kier molecular flexibility index (Phi) is 4.86. The predicted molar refractivity (Wildman–Crippen MR) is 88.1 cm³/mol. The molecule has 6 nitrogen and oxygen atoms in total. The van der Waals surface area contributed by atoms with Crippen LogP contribution in [0.3, 0.4) is 0 Å². The summed E-state index contributed by atoms with van der Waals surface area (Å²) >= 11 is 0. The van der Waals surface area contributed by atoms with E-state index in [0.717, 1.165) is 17.1 Å². The van der Waals surface area contributed by atoms with Crippen molar-refractivity contribution in [1.82, 2.24) is 5.32 Å². The molecule has 0 saturated carbocycles. The molecule has 1 heterocycles. The van der Waals surface area contributed by atoms with Gasteiger partial charge in [0.15, 0.2) is 28.8 Å². The summed E-state index contributed by atoms with van der Waals surface area (Å²) in [6.07, 6.45) is 0. The van der Waals surface area contributed by atoms with Gasteiger partial charge in [-0.15, -0.1) is 0 Å². The van der Waals surface area contributed by atoms with E-state index in [1.54, 1.807) is 32.4 Å². The third kappa shape index (κ3) is 3.44. The molecule has 2 aromatic rings. The molecular weight excluding hydrogens is 310 g/mol. The van der Waals surface area contributed by atoms with Crippen molar-refractivity contribution >= 4 is 5.78 Å². The molecule has 0 bridgehead atoms. The number of ketones is 1. The maximum Gasteiger partial charge on any atom is 0.231 e. The first-order chi connectivity index (χ1) is 11.7. The second-order valence-electron chi connectivity index (χ2n) is 5.28. The van der Waals surface area contributed by atoms with Gasteiger partial charge in [-0.3, -0.25) is 4.79 Å². The molecule has 2 aromatic carbocycles. The Balaban J connectivity index is 1.57. The van der Waals surface area contributed by atoms with Crippen LogP contribution >= 0.6 is 0 Å². The summed E-state index contributed by atoms with van der Waals surface area (Å²) in [6, 6.07) is 10.9. The zero-order valence-electron chi connectivity index (χ0n) is 13.6. The van der Waals surface area contributed by atoms with E-state index < -0.39 is 0 Å². The van der Waals surface area contributed by atoms with Crippen molar-refractivity contribution < 1.29 is 23.7 Å². The Hall–Kier alpha value is -2.73. The van der Waals surface area contributed by atoms with Gasteiger partial charge in [0.1, 0.15) is 0 Å².